The molecular formula is C25H33N5O2. The number of anilines is 2. The van der Waals surface area contributed by atoms with Crippen molar-refractivity contribution in [2.24, 2.45) is 0 Å². The standard InChI is InChI=1S/C25H33N5O2/c1-3-4-7-14-27-25(31)29-24-19(2)10-8-13-23(24)32-16-9-15-30-17-22(28-18-30)20-11-5-6-12-21(20)26/h5-6,8,10-13,17-18H,3-4,7,9,14-16,26H2,1-2H3,(H2,27,29,31). The van der Waals surface area contributed by atoms with Gasteiger partial charge < -0.3 is 25.7 Å². The fraction of sp³-hybridized carbons (Fsp3) is 0.360. The monoisotopic (exact) mass is 435 g/mol. The number of urea groups is 1. The summed E-state index contributed by atoms with van der Waals surface area (Å²) in [6.45, 7) is 6.07. The van der Waals surface area contributed by atoms with Gasteiger partial charge in [0.25, 0.3) is 0 Å². The number of aryl methyl sites for hydroxylation is 2. The van der Waals surface area contributed by atoms with Gasteiger partial charge in [-0.05, 0) is 37.5 Å². The number of hydrogen-bond acceptors (Lipinski definition) is 4. The molecule has 7 nitrogen and oxygen atoms in total. The van der Waals surface area contributed by atoms with Crippen LogP contribution in [0.2, 0.25) is 0 Å². The van der Waals surface area contributed by atoms with Crippen LogP contribution in [0.4, 0.5) is 16.2 Å². The number of nitrogens with one attached hydrogen (secondary N) is 2. The van der Waals surface area contributed by atoms with E-state index in [2.05, 4.69) is 22.5 Å². The maximum Gasteiger partial charge on any atom is 0.319 e. The van der Waals surface area contributed by atoms with E-state index in [1.54, 1.807) is 0 Å². The molecule has 1 aromatic heterocycles. The second-order valence-electron chi connectivity index (χ2n) is 7.82. The third-order valence-corrected chi connectivity index (χ3v) is 5.23. The third kappa shape index (κ3) is 6.51. The number of hydrogen-bond donors (Lipinski definition) is 3. The van der Waals surface area contributed by atoms with Crippen LogP contribution in [-0.4, -0.2) is 28.7 Å². The number of imidazole rings is 1. The Bertz CT molecular complexity index is 1020. The molecule has 0 spiro atoms. The Morgan fingerprint density at radius 3 is 2.78 bits per heavy atom. The van der Waals surface area contributed by atoms with Gasteiger partial charge in [-0.1, -0.05) is 50.1 Å². The van der Waals surface area contributed by atoms with Crippen LogP contribution in [0.25, 0.3) is 11.3 Å². The second kappa shape index (κ2) is 11.8. The largest absolute Gasteiger partial charge is 0.491 e. The lowest BCUT2D eigenvalue weighted by atomic mass is 10.1. The van der Waals surface area contributed by atoms with Crippen molar-refractivity contribution < 1.29 is 9.53 Å². The van der Waals surface area contributed by atoms with Crippen LogP contribution in [-0.2, 0) is 6.54 Å². The topological polar surface area (TPSA) is 94.2 Å². The highest BCUT2D eigenvalue weighted by Crippen LogP contribution is 2.28. The first-order chi connectivity index (χ1) is 15.6. The lowest BCUT2D eigenvalue weighted by Gasteiger charge is -2.15. The van der Waals surface area contributed by atoms with E-state index in [-0.39, 0.29) is 6.03 Å². The number of carbonyl (C=O) groups excluding carboxylic acids is 1. The number of unbranched alkanes of at least 4 members (excludes halogenated alkanes) is 2. The molecule has 3 rings (SSSR count). The minimum Gasteiger partial charge on any atom is -0.491 e. The van der Waals surface area contributed by atoms with E-state index in [0.29, 0.717) is 24.6 Å². The van der Waals surface area contributed by atoms with Gasteiger partial charge in [-0.3, -0.25) is 0 Å². The maximum atomic E-state index is 12.2. The highest BCUT2D eigenvalue weighted by Gasteiger charge is 2.11. The Labute approximate surface area is 190 Å². The number of nitrogens with zero attached hydrogens (tertiary/aromatic N) is 2. The first kappa shape index (κ1) is 23.2. The molecule has 2 amide bonds. The number of rotatable bonds is 11. The van der Waals surface area contributed by atoms with Gasteiger partial charge in [-0.15, -0.1) is 0 Å². The average molecular weight is 436 g/mol. The second-order valence-corrected chi connectivity index (χ2v) is 7.82. The molecule has 0 unspecified atom stereocenters. The van der Waals surface area contributed by atoms with Crippen LogP contribution in [0.5, 0.6) is 5.75 Å². The number of aromatic nitrogens is 2. The van der Waals surface area contributed by atoms with E-state index in [1.165, 1.54) is 0 Å². The molecule has 0 saturated heterocycles. The van der Waals surface area contributed by atoms with Crippen molar-refractivity contribution in [3.05, 3.63) is 60.6 Å². The fourth-order valence-corrected chi connectivity index (χ4v) is 3.44. The van der Waals surface area contributed by atoms with Crippen LogP contribution < -0.4 is 21.1 Å². The minimum atomic E-state index is -0.202. The average Bonchev–Trinajstić information content (AvgIpc) is 3.25. The molecule has 4 N–H and O–H groups in total. The molecule has 2 aromatic carbocycles. The van der Waals surface area contributed by atoms with Crippen LogP contribution >= 0.6 is 0 Å². The number of para-hydroxylation sites is 2. The SMILES string of the molecule is CCCCCNC(=O)Nc1c(C)cccc1OCCCn1cnc(-c2ccccc2N)c1. The van der Waals surface area contributed by atoms with Gasteiger partial charge in [0.05, 0.1) is 24.3 Å². The summed E-state index contributed by atoms with van der Waals surface area (Å²) < 4.78 is 8.03. The van der Waals surface area contributed by atoms with Gasteiger partial charge in [0.2, 0.25) is 0 Å². The summed E-state index contributed by atoms with van der Waals surface area (Å²) in [6, 6.07) is 13.3. The van der Waals surface area contributed by atoms with E-state index in [0.717, 1.165) is 54.7 Å². The van der Waals surface area contributed by atoms with E-state index in [4.69, 9.17) is 10.5 Å². The normalized spacial score (nSPS) is 10.7. The van der Waals surface area contributed by atoms with Gasteiger partial charge in [-0.2, -0.15) is 0 Å². The molecule has 0 aliphatic rings. The molecule has 0 radical (unpaired) electrons. The molecule has 0 fully saturated rings. The number of benzene rings is 2. The molecule has 32 heavy (non-hydrogen) atoms. The number of ether oxygens (including phenoxy) is 1. The highest BCUT2D eigenvalue weighted by atomic mass is 16.5. The van der Waals surface area contributed by atoms with Gasteiger partial charge >= 0.3 is 6.03 Å². The Morgan fingerprint density at radius 2 is 1.97 bits per heavy atom. The quantitative estimate of drug-likeness (QED) is 0.284. The molecular weight excluding hydrogens is 402 g/mol. The Balaban J connectivity index is 1.50. The van der Waals surface area contributed by atoms with Crippen molar-refractivity contribution in [1.29, 1.82) is 0 Å². The molecule has 0 bridgehead atoms. The Hall–Kier alpha value is -3.48. The summed E-state index contributed by atoms with van der Waals surface area (Å²) in [5.41, 5.74) is 10.2. The lowest BCUT2D eigenvalue weighted by molar-refractivity contribution is 0.251. The summed E-state index contributed by atoms with van der Waals surface area (Å²) in [4.78, 5) is 16.7. The number of amides is 2. The van der Waals surface area contributed by atoms with E-state index in [9.17, 15) is 4.79 Å². The molecule has 3 aromatic rings. The predicted octanol–water partition coefficient (Wildman–Crippen LogP) is 5.22. The first-order valence-electron chi connectivity index (χ1n) is 11.2. The van der Waals surface area contributed by atoms with Crippen LogP contribution in [0.1, 0.15) is 38.2 Å². The molecule has 0 saturated carbocycles. The summed E-state index contributed by atoms with van der Waals surface area (Å²) >= 11 is 0. The zero-order valence-corrected chi connectivity index (χ0v) is 18.9. The zero-order chi connectivity index (χ0) is 22.8. The van der Waals surface area contributed by atoms with Gasteiger partial charge in [0.1, 0.15) is 5.75 Å². The van der Waals surface area contributed by atoms with Gasteiger partial charge in [0, 0.05) is 30.5 Å². The van der Waals surface area contributed by atoms with Crippen molar-refractivity contribution in [3.8, 4) is 17.0 Å². The van der Waals surface area contributed by atoms with Crippen LogP contribution in [0, 0.1) is 6.92 Å². The number of carbonyl (C=O) groups is 1. The minimum absolute atomic E-state index is 0.202. The van der Waals surface area contributed by atoms with Crippen LogP contribution in [0.15, 0.2) is 55.0 Å². The molecule has 0 atom stereocenters. The summed E-state index contributed by atoms with van der Waals surface area (Å²) in [7, 11) is 0. The Kier molecular flexibility index (Phi) is 8.54. The van der Waals surface area contributed by atoms with Crippen molar-refractivity contribution in [3.63, 3.8) is 0 Å². The fourth-order valence-electron chi connectivity index (χ4n) is 3.44. The van der Waals surface area contributed by atoms with E-state index in [1.807, 2.05) is 66.5 Å². The van der Waals surface area contributed by atoms with Crippen LogP contribution in [0.3, 0.4) is 0 Å². The number of nitrogen functional groups attached to an aromatic ring is 1. The summed E-state index contributed by atoms with van der Waals surface area (Å²) in [5, 5.41) is 5.84. The van der Waals surface area contributed by atoms with Crippen molar-refractivity contribution >= 4 is 17.4 Å². The smallest absolute Gasteiger partial charge is 0.319 e. The maximum absolute atomic E-state index is 12.2. The van der Waals surface area contributed by atoms with Crippen molar-refractivity contribution in [2.75, 3.05) is 24.2 Å². The van der Waals surface area contributed by atoms with Gasteiger partial charge in [0.15, 0.2) is 0 Å². The first-order valence-corrected chi connectivity index (χ1v) is 11.2. The van der Waals surface area contributed by atoms with Crippen molar-refractivity contribution in [2.45, 2.75) is 46.1 Å². The zero-order valence-electron chi connectivity index (χ0n) is 18.9. The summed E-state index contributed by atoms with van der Waals surface area (Å²) in [6.07, 6.45) is 7.82. The molecule has 170 valence electrons. The van der Waals surface area contributed by atoms with Crippen molar-refractivity contribution in [1.82, 2.24) is 14.9 Å². The highest BCUT2D eigenvalue weighted by molar-refractivity contribution is 5.91. The van der Waals surface area contributed by atoms with E-state index < -0.39 is 0 Å². The summed E-state index contributed by atoms with van der Waals surface area (Å²) in [5.74, 6) is 0.678. The predicted molar refractivity (Wildman–Crippen MR) is 130 cm³/mol. The van der Waals surface area contributed by atoms with E-state index >= 15 is 0 Å². The molecule has 1 heterocycles. The number of nitrogens with two attached hydrogens (primary N) is 1. The Morgan fingerprint density at radius 1 is 1.12 bits per heavy atom. The van der Waals surface area contributed by atoms with Gasteiger partial charge in [-0.25, -0.2) is 9.78 Å². The molecule has 0 aliphatic heterocycles. The lowest BCUT2D eigenvalue weighted by Crippen LogP contribution is -2.30. The molecule has 7 heteroatoms. The third-order valence-electron chi connectivity index (χ3n) is 5.23. The molecule has 0 aliphatic carbocycles.